The Kier molecular flexibility index (Phi) is 6.79. The summed E-state index contributed by atoms with van der Waals surface area (Å²) < 4.78 is 13.0. The first-order valence-corrected chi connectivity index (χ1v) is 10.9. The smallest absolute Gasteiger partial charge is 0.261 e. The average molecular weight is 452 g/mol. The van der Waals surface area contributed by atoms with Crippen molar-refractivity contribution in [1.29, 1.82) is 0 Å². The van der Waals surface area contributed by atoms with Crippen LogP contribution in [0.15, 0.2) is 48.5 Å². The minimum atomic E-state index is -0.386. The Labute approximate surface area is 190 Å². The summed E-state index contributed by atoms with van der Waals surface area (Å²) in [6.07, 6.45) is 0.0964. The maximum absolute atomic E-state index is 13.0. The molecular formula is C24H25FN4O4. The number of halogens is 1. The number of carbonyl (C=O) groups is 4. The summed E-state index contributed by atoms with van der Waals surface area (Å²) >= 11 is 0. The predicted molar refractivity (Wildman–Crippen MR) is 118 cm³/mol. The second-order valence-corrected chi connectivity index (χ2v) is 8.04. The van der Waals surface area contributed by atoms with Crippen LogP contribution in [0, 0.1) is 5.82 Å². The van der Waals surface area contributed by atoms with Gasteiger partial charge >= 0.3 is 0 Å². The van der Waals surface area contributed by atoms with Gasteiger partial charge in [-0.15, -0.1) is 0 Å². The van der Waals surface area contributed by atoms with E-state index in [9.17, 15) is 23.6 Å². The molecule has 2 aliphatic rings. The highest BCUT2D eigenvalue weighted by Gasteiger charge is 2.35. The van der Waals surface area contributed by atoms with Crippen LogP contribution in [0.4, 0.5) is 4.39 Å². The van der Waals surface area contributed by atoms with E-state index in [1.165, 1.54) is 24.3 Å². The van der Waals surface area contributed by atoms with Crippen LogP contribution in [0.2, 0.25) is 0 Å². The average Bonchev–Trinajstić information content (AvgIpc) is 3.08. The van der Waals surface area contributed by atoms with Crippen LogP contribution >= 0.6 is 0 Å². The lowest BCUT2D eigenvalue weighted by Crippen LogP contribution is -2.50. The van der Waals surface area contributed by atoms with E-state index in [1.807, 2.05) is 0 Å². The lowest BCUT2D eigenvalue weighted by atomic mass is 10.1. The fourth-order valence-electron chi connectivity index (χ4n) is 4.06. The summed E-state index contributed by atoms with van der Waals surface area (Å²) in [5.41, 5.74) is 1.18. The van der Waals surface area contributed by atoms with Crippen molar-refractivity contribution in [3.8, 4) is 0 Å². The first kappa shape index (κ1) is 22.6. The van der Waals surface area contributed by atoms with E-state index < -0.39 is 0 Å². The van der Waals surface area contributed by atoms with Gasteiger partial charge < -0.3 is 10.2 Å². The first-order chi connectivity index (χ1) is 15.9. The molecule has 0 saturated carbocycles. The molecule has 2 aliphatic heterocycles. The van der Waals surface area contributed by atoms with Gasteiger partial charge in [0.25, 0.3) is 17.7 Å². The quantitative estimate of drug-likeness (QED) is 0.642. The van der Waals surface area contributed by atoms with Gasteiger partial charge in [0, 0.05) is 57.8 Å². The summed E-state index contributed by atoms with van der Waals surface area (Å²) in [6, 6.07) is 12.1. The first-order valence-electron chi connectivity index (χ1n) is 10.9. The lowest BCUT2D eigenvalue weighted by molar-refractivity contribution is -0.133. The molecule has 1 saturated heterocycles. The van der Waals surface area contributed by atoms with E-state index in [4.69, 9.17) is 0 Å². The van der Waals surface area contributed by atoms with Gasteiger partial charge in [0.1, 0.15) is 5.82 Å². The third-order valence-electron chi connectivity index (χ3n) is 5.97. The number of hydrogen-bond acceptors (Lipinski definition) is 5. The van der Waals surface area contributed by atoms with Crippen molar-refractivity contribution in [2.24, 2.45) is 0 Å². The Morgan fingerprint density at radius 2 is 1.45 bits per heavy atom. The van der Waals surface area contributed by atoms with E-state index in [0.29, 0.717) is 56.0 Å². The largest absolute Gasteiger partial charge is 0.351 e. The maximum atomic E-state index is 13.0. The summed E-state index contributed by atoms with van der Waals surface area (Å²) in [5, 5.41) is 2.81. The number of nitrogens with zero attached hydrogens (tertiary/aromatic N) is 3. The molecule has 1 fully saturated rings. The molecule has 9 heteroatoms. The van der Waals surface area contributed by atoms with Crippen LogP contribution in [0.5, 0.6) is 0 Å². The summed E-state index contributed by atoms with van der Waals surface area (Å²) in [4.78, 5) is 54.6. The van der Waals surface area contributed by atoms with Gasteiger partial charge in [-0.2, -0.15) is 0 Å². The van der Waals surface area contributed by atoms with E-state index in [-0.39, 0.29) is 42.4 Å². The zero-order valence-corrected chi connectivity index (χ0v) is 18.1. The van der Waals surface area contributed by atoms with Crippen LogP contribution in [0.25, 0.3) is 0 Å². The number of imide groups is 1. The maximum Gasteiger partial charge on any atom is 0.261 e. The van der Waals surface area contributed by atoms with Crippen LogP contribution in [-0.4, -0.2) is 84.1 Å². The van der Waals surface area contributed by atoms with Crippen LogP contribution in [-0.2, 0) is 4.79 Å². The molecule has 1 N–H and O–H groups in total. The number of amides is 4. The number of rotatable bonds is 7. The van der Waals surface area contributed by atoms with Crippen molar-refractivity contribution >= 4 is 23.6 Å². The number of piperazine rings is 1. The Morgan fingerprint density at radius 3 is 2.06 bits per heavy atom. The molecule has 0 radical (unpaired) electrons. The van der Waals surface area contributed by atoms with E-state index >= 15 is 0 Å². The second-order valence-electron chi connectivity index (χ2n) is 8.04. The SMILES string of the molecule is O=C(NCCN1CCN(C(=O)CCN2C(=O)c3ccccc3C2=O)CC1)c1ccc(F)cc1. The Balaban J connectivity index is 1.17. The van der Waals surface area contributed by atoms with Crippen molar-refractivity contribution < 1.29 is 23.6 Å². The molecule has 33 heavy (non-hydrogen) atoms. The number of benzene rings is 2. The molecule has 0 bridgehead atoms. The minimum absolute atomic E-state index is 0.0702. The zero-order chi connectivity index (χ0) is 23.4. The highest BCUT2D eigenvalue weighted by Crippen LogP contribution is 2.22. The van der Waals surface area contributed by atoms with E-state index in [1.54, 1.807) is 29.2 Å². The molecule has 4 amide bonds. The predicted octanol–water partition coefficient (Wildman–Crippen LogP) is 1.39. The van der Waals surface area contributed by atoms with Crippen molar-refractivity contribution in [3.63, 3.8) is 0 Å². The fourth-order valence-corrected chi connectivity index (χ4v) is 4.06. The van der Waals surface area contributed by atoms with Crippen LogP contribution in [0.3, 0.4) is 0 Å². The molecule has 0 spiro atoms. The third kappa shape index (κ3) is 5.09. The van der Waals surface area contributed by atoms with E-state index in [0.717, 1.165) is 4.90 Å². The van der Waals surface area contributed by atoms with Gasteiger partial charge in [-0.25, -0.2) is 4.39 Å². The van der Waals surface area contributed by atoms with Gasteiger partial charge in [-0.1, -0.05) is 12.1 Å². The fraction of sp³-hybridized carbons (Fsp3) is 0.333. The van der Waals surface area contributed by atoms with Gasteiger partial charge in [0.05, 0.1) is 11.1 Å². The van der Waals surface area contributed by atoms with Crippen molar-refractivity contribution in [2.75, 3.05) is 45.8 Å². The van der Waals surface area contributed by atoms with Crippen molar-refractivity contribution in [2.45, 2.75) is 6.42 Å². The third-order valence-corrected chi connectivity index (χ3v) is 5.97. The highest BCUT2D eigenvalue weighted by atomic mass is 19.1. The number of hydrogen-bond donors (Lipinski definition) is 1. The molecular weight excluding hydrogens is 427 g/mol. The Bertz CT molecular complexity index is 1030. The summed E-state index contributed by atoms with van der Waals surface area (Å²) in [7, 11) is 0. The normalized spacial score (nSPS) is 16.2. The monoisotopic (exact) mass is 452 g/mol. The molecule has 8 nitrogen and oxygen atoms in total. The molecule has 2 heterocycles. The molecule has 0 unspecified atom stereocenters. The molecule has 172 valence electrons. The van der Waals surface area contributed by atoms with Crippen LogP contribution in [0.1, 0.15) is 37.5 Å². The molecule has 0 aliphatic carbocycles. The van der Waals surface area contributed by atoms with E-state index in [2.05, 4.69) is 10.2 Å². The molecule has 4 rings (SSSR count). The van der Waals surface area contributed by atoms with Crippen molar-refractivity contribution in [1.82, 2.24) is 20.0 Å². The standard InChI is InChI=1S/C24H25FN4O4/c25-18-7-5-17(6-8-18)22(31)26-10-12-27-13-15-28(16-14-27)21(30)9-11-29-23(32)19-3-1-2-4-20(19)24(29)33/h1-8H,9-16H2,(H,26,31). The minimum Gasteiger partial charge on any atom is -0.351 e. The lowest BCUT2D eigenvalue weighted by Gasteiger charge is -2.35. The van der Waals surface area contributed by atoms with Crippen LogP contribution < -0.4 is 5.32 Å². The Morgan fingerprint density at radius 1 is 0.848 bits per heavy atom. The van der Waals surface area contributed by atoms with Crippen molar-refractivity contribution in [3.05, 3.63) is 71.0 Å². The molecule has 0 aromatic heterocycles. The van der Waals surface area contributed by atoms with Gasteiger partial charge in [-0.05, 0) is 36.4 Å². The molecule has 0 atom stereocenters. The highest BCUT2D eigenvalue weighted by molar-refractivity contribution is 6.21. The molecule has 2 aromatic rings. The van der Waals surface area contributed by atoms with Gasteiger partial charge in [0.15, 0.2) is 0 Å². The Hall–Kier alpha value is -3.59. The van der Waals surface area contributed by atoms with Gasteiger partial charge in [-0.3, -0.25) is 29.0 Å². The number of carbonyl (C=O) groups excluding carboxylic acids is 4. The zero-order valence-electron chi connectivity index (χ0n) is 18.1. The second kappa shape index (κ2) is 9.91. The molecule has 2 aromatic carbocycles. The topological polar surface area (TPSA) is 90.0 Å². The summed E-state index contributed by atoms with van der Waals surface area (Å²) in [6.45, 7) is 3.60. The number of nitrogens with one attached hydrogen (secondary N) is 1. The number of fused-ring (bicyclic) bond motifs is 1. The summed E-state index contributed by atoms with van der Waals surface area (Å²) in [5.74, 6) is -1.43. The van der Waals surface area contributed by atoms with Gasteiger partial charge in [0.2, 0.25) is 5.91 Å².